The summed E-state index contributed by atoms with van der Waals surface area (Å²) in [5.41, 5.74) is 11.7. The first-order valence-corrected chi connectivity index (χ1v) is 14.4. The number of aromatic nitrogens is 3. The SMILES string of the molecule is CC(C)N1CC[C@@H](c2ccc(-c3cc4c(N5CCN(C(=O)C6CCC(N)CC6)CC5)ccnn4c3)nc2)C1. The Balaban J connectivity index is 1.13. The summed E-state index contributed by atoms with van der Waals surface area (Å²) in [6.07, 6.45) is 11.0. The molecule has 8 heteroatoms. The summed E-state index contributed by atoms with van der Waals surface area (Å²) in [4.78, 5) is 24.9. The second kappa shape index (κ2) is 10.7. The Morgan fingerprint density at radius 3 is 2.47 bits per heavy atom. The van der Waals surface area contributed by atoms with E-state index in [0.717, 1.165) is 75.2 Å². The number of nitrogens with two attached hydrogens (primary N) is 1. The van der Waals surface area contributed by atoms with Crippen LogP contribution >= 0.6 is 0 Å². The fraction of sp³-hybridized carbons (Fsp3) is 0.567. The van der Waals surface area contributed by atoms with Gasteiger partial charge in [-0.15, -0.1) is 0 Å². The Hall–Kier alpha value is -2.97. The predicted octanol–water partition coefficient (Wildman–Crippen LogP) is 3.76. The minimum atomic E-state index is 0.156. The maximum absolute atomic E-state index is 13.1. The van der Waals surface area contributed by atoms with Gasteiger partial charge in [-0.1, -0.05) is 6.07 Å². The lowest BCUT2D eigenvalue weighted by Gasteiger charge is -2.38. The highest BCUT2D eigenvalue weighted by Crippen LogP contribution is 2.32. The standard InChI is InChI=1S/C30H41N7O/c1-21(2)36-12-10-24(19-36)23-5-8-27(32-18-23)25-17-29-28(9-11-33-37(29)20-25)34-13-15-35(16-14-34)30(38)22-3-6-26(31)7-4-22/h5,8-9,11,17-18,20-22,24,26H,3-4,6-7,10,12-16,19,31H2,1-2H3/t22?,24-,26?/m1/s1. The third kappa shape index (κ3) is 5.04. The van der Waals surface area contributed by atoms with Gasteiger partial charge in [-0.2, -0.15) is 5.10 Å². The second-order valence-corrected chi connectivity index (χ2v) is 11.8. The van der Waals surface area contributed by atoms with E-state index in [1.165, 1.54) is 24.2 Å². The summed E-state index contributed by atoms with van der Waals surface area (Å²) in [5.74, 6) is 1.05. The number of pyridine rings is 1. The van der Waals surface area contributed by atoms with Crippen molar-refractivity contribution in [2.75, 3.05) is 44.2 Å². The number of nitrogens with zero attached hydrogens (tertiary/aromatic N) is 6. The van der Waals surface area contributed by atoms with Crippen molar-refractivity contribution in [2.24, 2.45) is 11.7 Å². The zero-order valence-corrected chi connectivity index (χ0v) is 22.8. The van der Waals surface area contributed by atoms with Crippen LogP contribution in [-0.4, -0.2) is 81.7 Å². The van der Waals surface area contributed by atoms with Crippen LogP contribution in [0.3, 0.4) is 0 Å². The van der Waals surface area contributed by atoms with Crippen LogP contribution in [0.1, 0.15) is 57.4 Å². The molecule has 2 saturated heterocycles. The average molecular weight is 516 g/mol. The minimum Gasteiger partial charge on any atom is -0.366 e. The minimum absolute atomic E-state index is 0.156. The third-order valence-corrected chi connectivity index (χ3v) is 9.04. The predicted molar refractivity (Wildman–Crippen MR) is 151 cm³/mol. The van der Waals surface area contributed by atoms with E-state index in [0.29, 0.717) is 17.9 Å². The zero-order chi connectivity index (χ0) is 26.2. The van der Waals surface area contributed by atoms with Gasteiger partial charge in [0.2, 0.25) is 5.91 Å². The molecule has 6 rings (SSSR count). The lowest BCUT2D eigenvalue weighted by Crippen LogP contribution is -2.51. The first kappa shape index (κ1) is 25.3. The Morgan fingerprint density at radius 1 is 1.00 bits per heavy atom. The number of anilines is 1. The molecule has 3 aromatic heterocycles. The van der Waals surface area contributed by atoms with Crippen molar-refractivity contribution in [3.8, 4) is 11.3 Å². The number of fused-ring (bicyclic) bond motifs is 1. The molecular weight excluding hydrogens is 474 g/mol. The van der Waals surface area contributed by atoms with Crippen molar-refractivity contribution < 1.29 is 4.79 Å². The molecule has 0 unspecified atom stereocenters. The van der Waals surface area contributed by atoms with E-state index in [2.05, 4.69) is 70.3 Å². The van der Waals surface area contributed by atoms with Gasteiger partial charge in [-0.25, -0.2) is 4.52 Å². The molecule has 8 nitrogen and oxygen atoms in total. The van der Waals surface area contributed by atoms with Gasteiger partial charge in [-0.3, -0.25) is 9.78 Å². The van der Waals surface area contributed by atoms with Crippen LogP contribution in [-0.2, 0) is 4.79 Å². The zero-order valence-electron chi connectivity index (χ0n) is 22.8. The highest BCUT2D eigenvalue weighted by molar-refractivity contribution is 5.81. The number of amides is 1. The number of piperazine rings is 1. The van der Waals surface area contributed by atoms with Crippen LogP contribution in [0.2, 0.25) is 0 Å². The molecule has 3 aliphatic rings. The molecule has 2 N–H and O–H groups in total. The molecule has 0 radical (unpaired) electrons. The van der Waals surface area contributed by atoms with Gasteiger partial charge >= 0.3 is 0 Å². The Bertz CT molecular complexity index is 1250. The van der Waals surface area contributed by atoms with Crippen LogP contribution in [0, 0.1) is 5.92 Å². The molecule has 1 aliphatic carbocycles. The lowest BCUT2D eigenvalue weighted by molar-refractivity contribution is -0.136. The van der Waals surface area contributed by atoms with Crippen LogP contribution in [0.15, 0.2) is 42.9 Å². The molecule has 0 bridgehead atoms. The topological polar surface area (TPSA) is 83.0 Å². The molecule has 38 heavy (non-hydrogen) atoms. The number of carbonyl (C=O) groups is 1. The summed E-state index contributed by atoms with van der Waals surface area (Å²) in [6.45, 7) is 10.0. The highest BCUT2D eigenvalue weighted by atomic mass is 16.2. The van der Waals surface area contributed by atoms with Crippen molar-refractivity contribution in [1.82, 2.24) is 24.4 Å². The molecule has 0 aromatic carbocycles. The van der Waals surface area contributed by atoms with Gasteiger partial charge in [0.15, 0.2) is 0 Å². The van der Waals surface area contributed by atoms with Gasteiger partial charge in [0.25, 0.3) is 0 Å². The molecule has 1 saturated carbocycles. The molecule has 5 heterocycles. The van der Waals surface area contributed by atoms with Crippen LogP contribution in [0.5, 0.6) is 0 Å². The van der Waals surface area contributed by atoms with Crippen molar-refractivity contribution in [3.63, 3.8) is 0 Å². The van der Waals surface area contributed by atoms with Gasteiger partial charge in [0.05, 0.1) is 16.9 Å². The normalized spacial score (nSPS) is 25.0. The average Bonchev–Trinajstić information content (AvgIpc) is 3.61. The van der Waals surface area contributed by atoms with E-state index in [-0.39, 0.29) is 12.0 Å². The van der Waals surface area contributed by atoms with Crippen molar-refractivity contribution in [2.45, 2.75) is 64.0 Å². The van der Waals surface area contributed by atoms with Gasteiger partial charge in [0.1, 0.15) is 0 Å². The summed E-state index contributed by atoms with van der Waals surface area (Å²) in [5, 5.41) is 4.58. The van der Waals surface area contributed by atoms with Gasteiger partial charge in [0, 0.05) is 74.9 Å². The van der Waals surface area contributed by atoms with Gasteiger partial charge in [-0.05, 0) is 82.2 Å². The first-order chi connectivity index (χ1) is 18.5. The fourth-order valence-corrected chi connectivity index (χ4v) is 6.55. The number of hydrogen-bond acceptors (Lipinski definition) is 6. The monoisotopic (exact) mass is 515 g/mol. The summed E-state index contributed by atoms with van der Waals surface area (Å²) in [6, 6.07) is 9.57. The second-order valence-electron chi connectivity index (χ2n) is 11.8. The third-order valence-electron chi connectivity index (χ3n) is 9.04. The van der Waals surface area contributed by atoms with E-state index in [9.17, 15) is 4.79 Å². The fourth-order valence-electron chi connectivity index (χ4n) is 6.55. The smallest absolute Gasteiger partial charge is 0.225 e. The Morgan fingerprint density at radius 2 is 1.79 bits per heavy atom. The molecule has 3 fully saturated rings. The van der Waals surface area contributed by atoms with Crippen LogP contribution in [0.4, 0.5) is 5.69 Å². The molecule has 3 aromatic rings. The number of carbonyl (C=O) groups excluding carboxylic acids is 1. The number of hydrogen-bond donors (Lipinski definition) is 1. The number of rotatable bonds is 5. The van der Waals surface area contributed by atoms with E-state index < -0.39 is 0 Å². The quantitative estimate of drug-likeness (QED) is 0.557. The molecule has 0 spiro atoms. The van der Waals surface area contributed by atoms with E-state index in [1.54, 1.807) is 0 Å². The first-order valence-electron chi connectivity index (χ1n) is 14.4. The highest BCUT2D eigenvalue weighted by Gasteiger charge is 2.31. The van der Waals surface area contributed by atoms with Crippen molar-refractivity contribution in [3.05, 3.63) is 48.4 Å². The molecule has 1 atom stereocenters. The van der Waals surface area contributed by atoms with E-state index in [1.807, 2.05) is 10.7 Å². The molecule has 202 valence electrons. The largest absolute Gasteiger partial charge is 0.366 e. The van der Waals surface area contributed by atoms with E-state index >= 15 is 0 Å². The number of likely N-dealkylation sites (tertiary alicyclic amines) is 1. The molecule has 1 amide bonds. The lowest BCUT2D eigenvalue weighted by atomic mass is 9.85. The van der Waals surface area contributed by atoms with Crippen LogP contribution in [0.25, 0.3) is 16.8 Å². The molecule has 2 aliphatic heterocycles. The maximum atomic E-state index is 13.1. The summed E-state index contributed by atoms with van der Waals surface area (Å²) in [7, 11) is 0. The molecular formula is C30H41N7O. The van der Waals surface area contributed by atoms with Crippen molar-refractivity contribution >= 4 is 17.1 Å². The summed E-state index contributed by atoms with van der Waals surface area (Å²) < 4.78 is 1.96. The maximum Gasteiger partial charge on any atom is 0.225 e. The van der Waals surface area contributed by atoms with Crippen molar-refractivity contribution in [1.29, 1.82) is 0 Å². The summed E-state index contributed by atoms with van der Waals surface area (Å²) >= 11 is 0. The van der Waals surface area contributed by atoms with Crippen LogP contribution < -0.4 is 10.6 Å². The van der Waals surface area contributed by atoms with Gasteiger partial charge < -0.3 is 20.4 Å². The Labute approximate surface area is 225 Å². The Kier molecular flexibility index (Phi) is 7.10. The van der Waals surface area contributed by atoms with E-state index in [4.69, 9.17) is 10.7 Å².